The normalized spacial score (nSPS) is 13.8. The van der Waals surface area contributed by atoms with Crippen molar-refractivity contribution >= 4 is 31.9 Å². The van der Waals surface area contributed by atoms with Gasteiger partial charge in [-0.2, -0.15) is 0 Å². The second kappa shape index (κ2) is 6.74. The number of hydrogen-bond donors (Lipinski definition) is 1. The number of rotatable bonds is 4. The predicted molar refractivity (Wildman–Crippen MR) is 90.0 cm³/mol. The topological polar surface area (TPSA) is 35.2 Å². The summed E-state index contributed by atoms with van der Waals surface area (Å²) >= 11 is 6.90. The molecular weight excluding hydrogens is 382 g/mol. The summed E-state index contributed by atoms with van der Waals surface area (Å²) in [5.41, 5.74) is 8.25. The van der Waals surface area contributed by atoms with Crippen LogP contribution < -0.4 is 10.5 Å². The van der Waals surface area contributed by atoms with E-state index in [1.807, 2.05) is 56.3 Å². The Kier molecular flexibility index (Phi) is 5.24. The molecule has 4 heteroatoms. The van der Waals surface area contributed by atoms with Gasteiger partial charge in [0.2, 0.25) is 0 Å². The fourth-order valence-corrected chi connectivity index (χ4v) is 2.75. The van der Waals surface area contributed by atoms with Crippen LogP contribution in [0.1, 0.15) is 24.2 Å². The van der Waals surface area contributed by atoms with E-state index in [4.69, 9.17) is 10.5 Å². The van der Waals surface area contributed by atoms with Gasteiger partial charge in [0.05, 0.1) is 0 Å². The van der Waals surface area contributed by atoms with Gasteiger partial charge in [-0.05, 0) is 55.3 Å². The van der Waals surface area contributed by atoms with Crippen molar-refractivity contribution in [1.82, 2.24) is 0 Å². The van der Waals surface area contributed by atoms with Crippen molar-refractivity contribution in [2.75, 3.05) is 0 Å². The van der Waals surface area contributed by atoms with Crippen LogP contribution in [-0.2, 0) is 0 Å². The Morgan fingerprint density at radius 1 is 1.00 bits per heavy atom. The zero-order valence-corrected chi connectivity index (χ0v) is 14.6. The first-order valence-electron chi connectivity index (χ1n) is 6.41. The van der Waals surface area contributed by atoms with E-state index in [0.29, 0.717) is 0 Å². The van der Waals surface area contributed by atoms with Gasteiger partial charge in [0, 0.05) is 15.0 Å². The summed E-state index contributed by atoms with van der Waals surface area (Å²) in [5.74, 6) is 0.860. The van der Waals surface area contributed by atoms with E-state index < -0.39 is 0 Å². The quantitative estimate of drug-likeness (QED) is 0.787. The Balaban J connectivity index is 2.28. The molecule has 2 atom stereocenters. The first-order valence-corrected chi connectivity index (χ1v) is 8.00. The number of benzene rings is 2. The molecule has 0 saturated heterocycles. The molecule has 0 spiro atoms. The van der Waals surface area contributed by atoms with Crippen molar-refractivity contribution < 1.29 is 4.74 Å². The molecule has 2 aromatic rings. The summed E-state index contributed by atoms with van der Waals surface area (Å²) in [6, 6.07) is 14.0. The SMILES string of the molecule is Cc1cc(Br)ccc1OC(c1ccc(Br)cc1)C(C)N. The van der Waals surface area contributed by atoms with Crippen molar-refractivity contribution in [2.45, 2.75) is 26.0 Å². The summed E-state index contributed by atoms with van der Waals surface area (Å²) in [7, 11) is 0. The third kappa shape index (κ3) is 3.84. The minimum atomic E-state index is -0.164. The van der Waals surface area contributed by atoms with Crippen LogP contribution >= 0.6 is 31.9 Å². The fourth-order valence-electron chi connectivity index (χ4n) is 2.01. The monoisotopic (exact) mass is 397 g/mol. The van der Waals surface area contributed by atoms with E-state index in [9.17, 15) is 0 Å². The molecule has 2 N–H and O–H groups in total. The van der Waals surface area contributed by atoms with E-state index >= 15 is 0 Å². The Morgan fingerprint density at radius 3 is 2.15 bits per heavy atom. The van der Waals surface area contributed by atoms with Crippen LogP contribution in [0.4, 0.5) is 0 Å². The van der Waals surface area contributed by atoms with Gasteiger partial charge in [-0.1, -0.05) is 44.0 Å². The van der Waals surface area contributed by atoms with Crippen LogP contribution in [-0.4, -0.2) is 6.04 Å². The highest BCUT2D eigenvalue weighted by molar-refractivity contribution is 9.10. The van der Waals surface area contributed by atoms with E-state index in [-0.39, 0.29) is 12.1 Å². The number of nitrogens with two attached hydrogens (primary N) is 1. The van der Waals surface area contributed by atoms with E-state index in [2.05, 4.69) is 31.9 Å². The Labute approximate surface area is 136 Å². The first-order chi connectivity index (χ1) is 9.47. The maximum atomic E-state index is 6.13. The Morgan fingerprint density at radius 2 is 1.60 bits per heavy atom. The highest BCUT2D eigenvalue weighted by atomic mass is 79.9. The van der Waals surface area contributed by atoms with Gasteiger partial charge in [0.25, 0.3) is 0 Å². The van der Waals surface area contributed by atoms with Gasteiger partial charge in [-0.3, -0.25) is 0 Å². The average molecular weight is 399 g/mol. The van der Waals surface area contributed by atoms with Crippen LogP contribution in [0.15, 0.2) is 51.4 Å². The lowest BCUT2D eigenvalue weighted by Crippen LogP contribution is -2.29. The molecule has 0 fully saturated rings. The Bertz CT molecular complexity index is 582. The van der Waals surface area contributed by atoms with Crippen molar-refractivity contribution in [3.05, 3.63) is 62.5 Å². The number of ether oxygens (including phenoxy) is 1. The maximum Gasteiger partial charge on any atom is 0.138 e. The lowest BCUT2D eigenvalue weighted by Gasteiger charge is -2.24. The van der Waals surface area contributed by atoms with Crippen molar-refractivity contribution in [3.8, 4) is 5.75 Å². The molecule has 2 rings (SSSR count). The molecule has 0 radical (unpaired) electrons. The van der Waals surface area contributed by atoms with E-state index in [1.165, 1.54) is 0 Å². The molecule has 0 saturated carbocycles. The average Bonchev–Trinajstić information content (AvgIpc) is 2.39. The van der Waals surface area contributed by atoms with Gasteiger partial charge in [-0.25, -0.2) is 0 Å². The predicted octanol–water partition coefficient (Wildman–Crippen LogP) is 4.99. The molecule has 106 valence electrons. The summed E-state index contributed by atoms with van der Waals surface area (Å²) in [6.45, 7) is 3.99. The summed E-state index contributed by atoms with van der Waals surface area (Å²) in [5, 5.41) is 0. The first kappa shape index (κ1) is 15.5. The summed E-state index contributed by atoms with van der Waals surface area (Å²) < 4.78 is 8.22. The molecule has 0 aliphatic rings. The van der Waals surface area contributed by atoms with Crippen LogP contribution in [0, 0.1) is 6.92 Å². The molecule has 0 aromatic heterocycles. The van der Waals surface area contributed by atoms with Gasteiger partial charge >= 0.3 is 0 Å². The van der Waals surface area contributed by atoms with Crippen LogP contribution in [0.5, 0.6) is 5.75 Å². The summed E-state index contributed by atoms with van der Waals surface area (Å²) in [4.78, 5) is 0. The van der Waals surface area contributed by atoms with Crippen molar-refractivity contribution in [3.63, 3.8) is 0 Å². The lowest BCUT2D eigenvalue weighted by atomic mass is 10.0. The lowest BCUT2D eigenvalue weighted by molar-refractivity contribution is 0.179. The van der Waals surface area contributed by atoms with Gasteiger partial charge < -0.3 is 10.5 Å². The highest BCUT2D eigenvalue weighted by Gasteiger charge is 2.19. The van der Waals surface area contributed by atoms with Crippen LogP contribution in [0.25, 0.3) is 0 Å². The van der Waals surface area contributed by atoms with Gasteiger partial charge in [0.1, 0.15) is 11.9 Å². The third-order valence-corrected chi connectivity index (χ3v) is 4.09. The van der Waals surface area contributed by atoms with Crippen LogP contribution in [0.3, 0.4) is 0 Å². The molecule has 2 nitrogen and oxygen atoms in total. The van der Waals surface area contributed by atoms with Gasteiger partial charge in [0.15, 0.2) is 0 Å². The maximum absolute atomic E-state index is 6.13. The number of aryl methyl sites for hydroxylation is 1. The fraction of sp³-hybridized carbons (Fsp3) is 0.250. The molecule has 0 heterocycles. The second-order valence-corrected chi connectivity index (χ2v) is 6.69. The molecule has 2 aromatic carbocycles. The number of hydrogen-bond acceptors (Lipinski definition) is 2. The molecule has 0 bridgehead atoms. The molecule has 0 aliphatic heterocycles. The van der Waals surface area contributed by atoms with Gasteiger partial charge in [-0.15, -0.1) is 0 Å². The zero-order chi connectivity index (χ0) is 14.7. The zero-order valence-electron chi connectivity index (χ0n) is 11.4. The molecular formula is C16H17Br2NO. The van der Waals surface area contributed by atoms with E-state index in [0.717, 1.165) is 25.8 Å². The molecule has 0 amide bonds. The molecule has 2 unspecified atom stereocenters. The largest absolute Gasteiger partial charge is 0.484 e. The number of halogens is 2. The van der Waals surface area contributed by atoms with Crippen molar-refractivity contribution in [1.29, 1.82) is 0 Å². The second-order valence-electron chi connectivity index (χ2n) is 4.86. The Hall–Kier alpha value is -0.840. The molecule has 20 heavy (non-hydrogen) atoms. The highest BCUT2D eigenvalue weighted by Crippen LogP contribution is 2.29. The smallest absolute Gasteiger partial charge is 0.138 e. The van der Waals surface area contributed by atoms with Crippen LogP contribution in [0.2, 0.25) is 0 Å². The standard InChI is InChI=1S/C16H17Br2NO/c1-10-9-14(18)7-8-15(10)20-16(11(2)19)12-3-5-13(17)6-4-12/h3-9,11,16H,19H2,1-2H3. The minimum absolute atomic E-state index is 0.0979. The van der Waals surface area contributed by atoms with E-state index in [1.54, 1.807) is 0 Å². The van der Waals surface area contributed by atoms with Crippen molar-refractivity contribution in [2.24, 2.45) is 5.73 Å². The third-order valence-electron chi connectivity index (χ3n) is 3.07. The summed E-state index contributed by atoms with van der Waals surface area (Å²) in [6.07, 6.45) is -0.164. The molecule has 0 aliphatic carbocycles. The minimum Gasteiger partial charge on any atom is -0.484 e.